The number of sulfonamides is 1. The number of thiazole rings is 1. The molecule has 3 heterocycles. The summed E-state index contributed by atoms with van der Waals surface area (Å²) in [6.45, 7) is -0.485. The highest BCUT2D eigenvalue weighted by Gasteiger charge is 2.41. The van der Waals surface area contributed by atoms with Crippen LogP contribution in [0, 0.1) is 0 Å². The van der Waals surface area contributed by atoms with E-state index in [2.05, 4.69) is 29.7 Å². The molecule has 0 radical (unpaired) electrons. The number of anilines is 1. The van der Waals surface area contributed by atoms with Crippen LogP contribution in [-0.4, -0.2) is 72.0 Å². The molecule has 2 aromatic carbocycles. The highest BCUT2D eigenvalue weighted by atomic mass is 35.5. The summed E-state index contributed by atoms with van der Waals surface area (Å²) in [5, 5.41) is 2.97. The molecule has 1 fully saturated rings. The second-order valence-corrected chi connectivity index (χ2v) is 12.6. The third-order valence-electron chi connectivity index (χ3n) is 6.30. The van der Waals surface area contributed by atoms with Crippen LogP contribution in [0.25, 0.3) is 10.3 Å². The Bertz CT molecular complexity index is 1790. The maximum atomic E-state index is 13.7. The predicted octanol–water partition coefficient (Wildman–Crippen LogP) is 4.73. The Balaban J connectivity index is 1.38. The minimum atomic E-state index is -4.98. The van der Waals surface area contributed by atoms with Crippen molar-refractivity contribution in [2.24, 2.45) is 0 Å². The third kappa shape index (κ3) is 8.02. The maximum absolute atomic E-state index is 13.7. The number of halogens is 7. The molecule has 1 aliphatic heterocycles. The third-order valence-corrected chi connectivity index (χ3v) is 9.45. The summed E-state index contributed by atoms with van der Waals surface area (Å²) >= 11 is 7.04. The Labute approximate surface area is 259 Å². The summed E-state index contributed by atoms with van der Waals surface area (Å²) in [5.74, 6) is -1.85. The van der Waals surface area contributed by atoms with E-state index < -0.39 is 46.2 Å². The first kappa shape index (κ1) is 32.5. The first-order valence-electron chi connectivity index (χ1n) is 12.6. The normalized spacial score (nSPS) is 16.5. The van der Waals surface area contributed by atoms with E-state index in [1.807, 2.05) is 0 Å². The molecule has 45 heavy (non-hydrogen) atoms. The molecule has 1 N–H and O–H groups in total. The number of fused-ring (bicyclic) bond motifs is 1. The molecule has 0 aliphatic carbocycles. The van der Waals surface area contributed by atoms with Crippen molar-refractivity contribution in [2.45, 2.75) is 30.2 Å². The first-order valence-corrected chi connectivity index (χ1v) is 15.2. The molecule has 1 amide bonds. The highest BCUT2D eigenvalue weighted by Crippen LogP contribution is 2.32. The number of ether oxygens (including phenoxy) is 2. The Morgan fingerprint density at radius 3 is 2.16 bits per heavy atom. The van der Waals surface area contributed by atoms with Gasteiger partial charge < -0.3 is 19.7 Å². The summed E-state index contributed by atoms with van der Waals surface area (Å²) in [7, 11) is -4.43. The van der Waals surface area contributed by atoms with Gasteiger partial charge in [0.15, 0.2) is 10.8 Å². The van der Waals surface area contributed by atoms with Crippen LogP contribution in [0.1, 0.15) is 5.56 Å². The number of amides is 1. The van der Waals surface area contributed by atoms with E-state index in [0.717, 1.165) is 40.7 Å². The Morgan fingerprint density at radius 1 is 0.956 bits per heavy atom. The van der Waals surface area contributed by atoms with Crippen molar-refractivity contribution in [3.05, 3.63) is 65.6 Å². The zero-order valence-corrected chi connectivity index (χ0v) is 24.7. The zero-order chi connectivity index (χ0) is 32.6. The molecule has 11 nitrogen and oxygen atoms in total. The SMILES string of the molecule is O=C(NCc1ccc(OC(F)(F)F)cc1)[C@H]1CN(c2nc3nc(Cl)ncc3s2)CCN1S(=O)(=O)c1ccc(OC(F)(F)F)cc1. The van der Waals surface area contributed by atoms with Gasteiger partial charge in [0.25, 0.3) is 0 Å². The molecule has 0 saturated carbocycles. The molecule has 5 rings (SSSR count). The number of alkyl halides is 6. The van der Waals surface area contributed by atoms with Crippen LogP contribution < -0.4 is 19.7 Å². The van der Waals surface area contributed by atoms with Crippen molar-refractivity contribution in [1.82, 2.24) is 24.6 Å². The predicted molar refractivity (Wildman–Crippen MR) is 148 cm³/mol. The van der Waals surface area contributed by atoms with Gasteiger partial charge in [-0.05, 0) is 53.6 Å². The molecule has 1 saturated heterocycles. The van der Waals surface area contributed by atoms with Crippen LogP contribution in [0.5, 0.6) is 11.5 Å². The van der Waals surface area contributed by atoms with Crippen LogP contribution >= 0.6 is 22.9 Å². The second-order valence-electron chi connectivity index (χ2n) is 9.33. The molecule has 0 spiro atoms. The minimum Gasteiger partial charge on any atom is -0.406 e. The van der Waals surface area contributed by atoms with Gasteiger partial charge in [0.2, 0.25) is 21.2 Å². The molecule has 1 aliphatic rings. The number of carbonyl (C=O) groups excluding carboxylic acids is 1. The van der Waals surface area contributed by atoms with Gasteiger partial charge in [-0.3, -0.25) is 4.79 Å². The van der Waals surface area contributed by atoms with Crippen LogP contribution in [0.15, 0.2) is 59.6 Å². The molecule has 240 valence electrons. The van der Waals surface area contributed by atoms with Gasteiger partial charge in [0.1, 0.15) is 17.5 Å². The molecule has 20 heteroatoms. The smallest absolute Gasteiger partial charge is 0.406 e. The number of piperazine rings is 1. The lowest BCUT2D eigenvalue weighted by molar-refractivity contribution is -0.275. The number of nitrogens with zero attached hydrogens (tertiary/aromatic N) is 5. The van der Waals surface area contributed by atoms with Crippen molar-refractivity contribution >= 4 is 54.3 Å². The summed E-state index contributed by atoms with van der Waals surface area (Å²) in [6, 6.07) is 6.88. The van der Waals surface area contributed by atoms with Gasteiger partial charge in [0.05, 0.1) is 15.8 Å². The van der Waals surface area contributed by atoms with Crippen LogP contribution in [0.3, 0.4) is 0 Å². The van der Waals surface area contributed by atoms with E-state index in [1.54, 1.807) is 4.90 Å². The number of nitrogens with one attached hydrogen (secondary N) is 1. The monoisotopic (exact) mass is 696 g/mol. The average molecular weight is 697 g/mol. The van der Waals surface area contributed by atoms with Crippen molar-refractivity contribution in [1.29, 1.82) is 0 Å². The summed E-state index contributed by atoms with van der Waals surface area (Å²) in [5.41, 5.74) is 0.687. The molecule has 0 bridgehead atoms. The Kier molecular flexibility index (Phi) is 8.98. The standard InChI is InChI=1S/C25H19ClF6N6O5S2/c26-22-34-12-19-20(35-22)36-23(44-19)37-9-10-38(45(40,41)17-7-5-16(6-8-17)43-25(30,31)32)18(13-37)21(39)33-11-14-1-3-15(4-2-14)42-24(27,28)29/h1-8,12,18H,9-11,13H2,(H,33,39)/t18-/m1/s1. The van der Waals surface area contributed by atoms with Crippen LogP contribution in [0.4, 0.5) is 31.5 Å². The lowest BCUT2D eigenvalue weighted by atomic mass is 10.1. The van der Waals surface area contributed by atoms with Gasteiger partial charge >= 0.3 is 12.7 Å². The molecular formula is C25H19ClF6N6O5S2. The summed E-state index contributed by atoms with van der Waals surface area (Å²) in [6.07, 6.45) is -8.40. The van der Waals surface area contributed by atoms with Crippen LogP contribution in [-0.2, 0) is 21.4 Å². The van der Waals surface area contributed by atoms with E-state index in [9.17, 15) is 39.6 Å². The van der Waals surface area contributed by atoms with Gasteiger partial charge in [-0.2, -0.15) is 14.3 Å². The van der Waals surface area contributed by atoms with Gasteiger partial charge in [-0.15, -0.1) is 26.3 Å². The molecule has 1 atom stereocenters. The van der Waals surface area contributed by atoms with Gasteiger partial charge in [-0.25, -0.2) is 13.4 Å². The number of carbonyl (C=O) groups is 1. The lowest BCUT2D eigenvalue weighted by Crippen LogP contribution is -2.60. The fourth-order valence-corrected chi connectivity index (χ4v) is 6.96. The highest BCUT2D eigenvalue weighted by molar-refractivity contribution is 7.89. The lowest BCUT2D eigenvalue weighted by Gasteiger charge is -2.39. The first-order chi connectivity index (χ1) is 21.1. The summed E-state index contributed by atoms with van der Waals surface area (Å²) in [4.78, 5) is 27.2. The van der Waals surface area contributed by atoms with Crippen molar-refractivity contribution in [3.63, 3.8) is 0 Å². The van der Waals surface area contributed by atoms with Crippen molar-refractivity contribution in [3.8, 4) is 11.5 Å². The Morgan fingerprint density at radius 2 is 1.56 bits per heavy atom. The second kappa shape index (κ2) is 12.5. The quantitative estimate of drug-likeness (QED) is 0.206. The van der Waals surface area contributed by atoms with E-state index in [4.69, 9.17) is 11.6 Å². The van der Waals surface area contributed by atoms with Crippen LogP contribution in [0.2, 0.25) is 5.28 Å². The van der Waals surface area contributed by atoms with Crippen molar-refractivity contribution < 1.29 is 49.0 Å². The number of benzene rings is 2. The number of hydrogen-bond donors (Lipinski definition) is 1. The van der Waals surface area contributed by atoms with E-state index in [1.165, 1.54) is 29.7 Å². The van der Waals surface area contributed by atoms with E-state index in [-0.39, 0.29) is 36.4 Å². The molecule has 0 unspecified atom stereocenters. The number of hydrogen-bond acceptors (Lipinski definition) is 10. The molecule has 4 aromatic rings. The average Bonchev–Trinajstić information content (AvgIpc) is 3.38. The largest absolute Gasteiger partial charge is 0.573 e. The van der Waals surface area contributed by atoms with Crippen molar-refractivity contribution in [2.75, 3.05) is 24.5 Å². The zero-order valence-electron chi connectivity index (χ0n) is 22.3. The van der Waals surface area contributed by atoms with Gasteiger partial charge in [0, 0.05) is 26.2 Å². The Hall–Kier alpha value is -3.94. The molecular weight excluding hydrogens is 678 g/mol. The fraction of sp³-hybridized carbons (Fsp3) is 0.280. The number of aromatic nitrogens is 3. The maximum Gasteiger partial charge on any atom is 0.573 e. The van der Waals surface area contributed by atoms with Gasteiger partial charge in [-0.1, -0.05) is 23.5 Å². The summed E-state index contributed by atoms with van der Waals surface area (Å²) < 4.78 is 112. The minimum absolute atomic E-state index is 0.0304. The number of rotatable bonds is 8. The fourth-order valence-electron chi connectivity index (χ4n) is 4.35. The van der Waals surface area contributed by atoms with E-state index in [0.29, 0.717) is 21.0 Å². The molecule has 2 aromatic heterocycles. The van der Waals surface area contributed by atoms with E-state index >= 15 is 0 Å². The topological polar surface area (TPSA) is 127 Å².